The Bertz CT molecular complexity index is 562. The van der Waals surface area contributed by atoms with Crippen LogP contribution in [0.1, 0.15) is 40.8 Å². The number of halogens is 1. The lowest BCUT2D eigenvalue weighted by molar-refractivity contribution is 0.551. The van der Waals surface area contributed by atoms with Gasteiger partial charge < -0.3 is 5.32 Å². The van der Waals surface area contributed by atoms with E-state index in [0.29, 0.717) is 6.04 Å². The summed E-state index contributed by atoms with van der Waals surface area (Å²) in [7, 11) is 0. The molecule has 1 atom stereocenters. The summed E-state index contributed by atoms with van der Waals surface area (Å²) in [5, 5.41) is 4.41. The molecule has 0 aliphatic rings. The molecule has 1 N–H and O–H groups in total. The topological polar surface area (TPSA) is 12.0 Å². The van der Waals surface area contributed by atoms with Crippen LogP contribution in [0.25, 0.3) is 0 Å². The summed E-state index contributed by atoms with van der Waals surface area (Å²) in [4.78, 5) is 2.91. The highest BCUT2D eigenvalue weighted by Crippen LogP contribution is 2.27. The summed E-state index contributed by atoms with van der Waals surface area (Å²) >= 11 is 7.99. The Labute approximate surface area is 131 Å². The lowest BCUT2D eigenvalue weighted by Gasteiger charge is -2.20. The van der Waals surface area contributed by atoms with Crippen molar-refractivity contribution in [3.05, 3.63) is 56.2 Å². The van der Waals surface area contributed by atoms with E-state index in [4.69, 9.17) is 11.6 Å². The zero-order valence-electron chi connectivity index (χ0n) is 12.4. The second-order valence-corrected chi connectivity index (χ2v) is 6.73. The van der Waals surface area contributed by atoms with Gasteiger partial charge >= 0.3 is 0 Å². The third kappa shape index (κ3) is 3.85. The van der Waals surface area contributed by atoms with Crippen molar-refractivity contribution in [2.24, 2.45) is 0 Å². The average molecular weight is 308 g/mol. The standard InChI is InChI=1S/C17H22ClNS/c1-4-14-7-8-15(20-14)11-17(19-5-2)16-9-6-13(18)10-12(16)3/h6-10,17,19H,4-5,11H2,1-3H3. The van der Waals surface area contributed by atoms with Crippen LogP contribution in [0.4, 0.5) is 0 Å². The van der Waals surface area contributed by atoms with Crippen molar-refractivity contribution in [1.29, 1.82) is 0 Å². The molecule has 0 saturated heterocycles. The fourth-order valence-corrected chi connectivity index (χ4v) is 3.72. The van der Waals surface area contributed by atoms with Gasteiger partial charge in [-0.15, -0.1) is 11.3 Å². The predicted molar refractivity (Wildman–Crippen MR) is 90.0 cm³/mol. The van der Waals surface area contributed by atoms with E-state index >= 15 is 0 Å². The van der Waals surface area contributed by atoms with Crippen molar-refractivity contribution >= 4 is 22.9 Å². The highest BCUT2D eigenvalue weighted by Gasteiger charge is 2.14. The summed E-state index contributed by atoms with van der Waals surface area (Å²) < 4.78 is 0. The average Bonchev–Trinajstić information content (AvgIpc) is 2.86. The SMILES string of the molecule is CCNC(Cc1ccc(CC)s1)c1ccc(Cl)cc1C. The number of likely N-dealkylation sites (N-methyl/N-ethyl adjacent to an activating group) is 1. The molecule has 0 fully saturated rings. The monoisotopic (exact) mass is 307 g/mol. The van der Waals surface area contributed by atoms with Crippen LogP contribution in [0.5, 0.6) is 0 Å². The highest BCUT2D eigenvalue weighted by atomic mass is 35.5. The minimum absolute atomic E-state index is 0.362. The van der Waals surface area contributed by atoms with Gasteiger partial charge in [0.05, 0.1) is 0 Å². The lowest BCUT2D eigenvalue weighted by Crippen LogP contribution is -2.23. The van der Waals surface area contributed by atoms with E-state index < -0.39 is 0 Å². The fourth-order valence-electron chi connectivity index (χ4n) is 2.49. The smallest absolute Gasteiger partial charge is 0.0408 e. The third-order valence-corrected chi connectivity index (χ3v) is 5.02. The molecule has 0 amide bonds. The van der Waals surface area contributed by atoms with Crippen molar-refractivity contribution in [3.63, 3.8) is 0 Å². The van der Waals surface area contributed by atoms with Crippen LogP contribution in [0.3, 0.4) is 0 Å². The summed E-state index contributed by atoms with van der Waals surface area (Å²) in [6, 6.07) is 11.1. The number of hydrogen-bond acceptors (Lipinski definition) is 2. The van der Waals surface area contributed by atoms with E-state index in [1.54, 1.807) is 0 Å². The van der Waals surface area contributed by atoms with E-state index in [0.717, 1.165) is 24.4 Å². The Morgan fingerprint density at radius 1 is 1.15 bits per heavy atom. The van der Waals surface area contributed by atoms with Gasteiger partial charge in [-0.05, 0) is 55.3 Å². The van der Waals surface area contributed by atoms with Gasteiger partial charge in [0.2, 0.25) is 0 Å². The number of hydrogen-bond donors (Lipinski definition) is 1. The summed E-state index contributed by atoms with van der Waals surface area (Å²) in [6.07, 6.45) is 2.16. The Hall–Kier alpha value is -0.830. The van der Waals surface area contributed by atoms with Gasteiger partial charge in [-0.1, -0.05) is 31.5 Å². The van der Waals surface area contributed by atoms with Crippen molar-refractivity contribution in [2.75, 3.05) is 6.54 Å². The van der Waals surface area contributed by atoms with E-state index in [1.165, 1.54) is 20.9 Å². The van der Waals surface area contributed by atoms with Crippen LogP contribution in [0, 0.1) is 6.92 Å². The lowest BCUT2D eigenvalue weighted by atomic mass is 9.98. The number of thiophene rings is 1. The van der Waals surface area contributed by atoms with Gasteiger partial charge in [0.1, 0.15) is 0 Å². The largest absolute Gasteiger partial charge is 0.310 e. The normalized spacial score (nSPS) is 12.6. The van der Waals surface area contributed by atoms with Crippen molar-refractivity contribution < 1.29 is 0 Å². The Morgan fingerprint density at radius 2 is 1.90 bits per heavy atom. The molecule has 0 saturated carbocycles. The summed E-state index contributed by atoms with van der Waals surface area (Å²) in [5.41, 5.74) is 2.61. The summed E-state index contributed by atoms with van der Waals surface area (Å²) in [5.74, 6) is 0. The molecule has 1 nitrogen and oxygen atoms in total. The van der Waals surface area contributed by atoms with Crippen LogP contribution in [0.2, 0.25) is 5.02 Å². The second-order valence-electron chi connectivity index (χ2n) is 5.04. The van der Waals surface area contributed by atoms with Crippen LogP contribution >= 0.6 is 22.9 Å². The molecule has 0 aliphatic heterocycles. The maximum atomic E-state index is 6.06. The van der Waals surface area contributed by atoms with Crippen LogP contribution in [-0.4, -0.2) is 6.54 Å². The quantitative estimate of drug-likeness (QED) is 0.776. The first-order valence-electron chi connectivity index (χ1n) is 7.21. The second kappa shape index (κ2) is 7.26. The molecule has 0 radical (unpaired) electrons. The highest BCUT2D eigenvalue weighted by molar-refractivity contribution is 7.11. The molecule has 1 heterocycles. The molecule has 1 unspecified atom stereocenters. The molecule has 0 spiro atoms. The molecule has 0 aliphatic carbocycles. The van der Waals surface area contributed by atoms with Crippen molar-refractivity contribution in [3.8, 4) is 0 Å². The molecule has 1 aromatic heterocycles. The fraction of sp³-hybridized carbons (Fsp3) is 0.412. The Kier molecular flexibility index (Phi) is 5.64. The van der Waals surface area contributed by atoms with E-state index in [2.05, 4.69) is 44.3 Å². The van der Waals surface area contributed by atoms with Crippen molar-refractivity contribution in [1.82, 2.24) is 5.32 Å². The first-order valence-corrected chi connectivity index (χ1v) is 8.40. The molecule has 108 valence electrons. The number of nitrogens with one attached hydrogen (secondary N) is 1. The molecule has 1 aromatic carbocycles. The first-order chi connectivity index (χ1) is 9.63. The summed E-state index contributed by atoms with van der Waals surface area (Å²) in [6.45, 7) is 7.47. The molecule has 2 rings (SSSR count). The minimum atomic E-state index is 0.362. The van der Waals surface area contributed by atoms with Gasteiger partial charge in [0, 0.05) is 27.2 Å². The van der Waals surface area contributed by atoms with Crippen LogP contribution in [-0.2, 0) is 12.8 Å². The minimum Gasteiger partial charge on any atom is -0.310 e. The molecular weight excluding hydrogens is 286 g/mol. The van der Waals surface area contributed by atoms with Crippen LogP contribution in [0.15, 0.2) is 30.3 Å². The molecule has 2 aromatic rings. The van der Waals surface area contributed by atoms with Gasteiger partial charge in [0.25, 0.3) is 0 Å². The molecule has 20 heavy (non-hydrogen) atoms. The number of benzene rings is 1. The van der Waals surface area contributed by atoms with Crippen molar-refractivity contribution in [2.45, 2.75) is 39.7 Å². The van der Waals surface area contributed by atoms with Crippen LogP contribution < -0.4 is 5.32 Å². The number of rotatable bonds is 6. The maximum Gasteiger partial charge on any atom is 0.0408 e. The van der Waals surface area contributed by atoms with Gasteiger partial charge in [-0.3, -0.25) is 0 Å². The Morgan fingerprint density at radius 3 is 2.50 bits per heavy atom. The molecular formula is C17H22ClNS. The first kappa shape index (κ1) is 15.6. The van der Waals surface area contributed by atoms with Gasteiger partial charge in [-0.2, -0.15) is 0 Å². The third-order valence-electron chi connectivity index (χ3n) is 3.53. The predicted octanol–water partition coefficient (Wildman–Crippen LogP) is 5.17. The zero-order chi connectivity index (χ0) is 14.5. The zero-order valence-corrected chi connectivity index (χ0v) is 13.9. The number of aryl methyl sites for hydroxylation is 2. The van der Waals surface area contributed by atoms with E-state index in [-0.39, 0.29) is 0 Å². The Balaban J connectivity index is 2.21. The van der Waals surface area contributed by atoms with Gasteiger partial charge in [-0.25, -0.2) is 0 Å². The molecule has 0 bridgehead atoms. The van der Waals surface area contributed by atoms with E-state index in [1.807, 2.05) is 23.5 Å². The van der Waals surface area contributed by atoms with Gasteiger partial charge in [0.15, 0.2) is 0 Å². The molecule has 3 heteroatoms. The maximum absolute atomic E-state index is 6.06. The van der Waals surface area contributed by atoms with E-state index in [9.17, 15) is 0 Å².